The van der Waals surface area contributed by atoms with Crippen molar-refractivity contribution in [2.75, 3.05) is 79.3 Å². The van der Waals surface area contributed by atoms with E-state index in [9.17, 15) is 0 Å². The lowest BCUT2D eigenvalue weighted by atomic mass is 10.0. The summed E-state index contributed by atoms with van der Waals surface area (Å²) in [5, 5.41) is 0. The third-order valence-corrected chi connectivity index (χ3v) is 4.42. The molecule has 0 amide bonds. The Bertz CT molecular complexity index is 567. The first-order valence-electron chi connectivity index (χ1n) is 11.6. The molecule has 0 bridgehead atoms. The molecule has 0 saturated heterocycles. The molecule has 0 aliphatic carbocycles. The summed E-state index contributed by atoms with van der Waals surface area (Å²) in [6.45, 7) is 19.5. The van der Waals surface area contributed by atoms with Gasteiger partial charge in [-0.2, -0.15) is 0 Å². The van der Waals surface area contributed by atoms with E-state index in [1.807, 2.05) is 18.2 Å². The highest BCUT2D eigenvalue weighted by Crippen LogP contribution is 2.19. The Labute approximate surface area is 194 Å². The summed E-state index contributed by atoms with van der Waals surface area (Å²) in [5.74, 6) is 0. The van der Waals surface area contributed by atoms with Gasteiger partial charge in [0.05, 0.1) is 66.1 Å². The third kappa shape index (κ3) is 14.5. The summed E-state index contributed by atoms with van der Waals surface area (Å²) >= 11 is 0. The summed E-state index contributed by atoms with van der Waals surface area (Å²) in [6, 6.07) is 8.12. The van der Waals surface area contributed by atoms with Crippen LogP contribution in [0.15, 0.2) is 37.4 Å². The number of ether oxygens (including phenoxy) is 6. The van der Waals surface area contributed by atoms with Gasteiger partial charge in [0.1, 0.15) is 0 Å². The van der Waals surface area contributed by atoms with Crippen LogP contribution in [0.3, 0.4) is 0 Å². The summed E-state index contributed by atoms with van der Waals surface area (Å²) < 4.78 is 33.0. The fraction of sp³-hybridized carbons (Fsp3) is 0.615. The lowest BCUT2D eigenvalue weighted by Crippen LogP contribution is -2.10. The summed E-state index contributed by atoms with van der Waals surface area (Å²) in [4.78, 5) is 0. The van der Waals surface area contributed by atoms with Gasteiger partial charge < -0.3 is 28.4 Å². The Hall–Kier alpha value is -1.54. The SMILES string of the molecule is C=C(COCCOCCOCCC)c1cccc(C(=C)COCCOCCOCCC)c1. The second kappa shape index (κ2) is 20.1. The maximum Gasteiger partial charge on any atom is 0.0718 e. The van der Waals surface area contributed by atoms with Crippen molar-refractivity contribution in [1.29, 1.82) is 0 Å². The van der Waals surface area contributed by atoms with Crippen LogP contribution in [0.5, 0.6) is 0 Å². The molecule has 182 valence electrons. The van der Waals surface area contributed by atoms with Gasteiger partial charge in [-0.05, 0) is 41.2 Å². The van der Waals surface area contributed by atoms with Gasteiger partial charge in [-0.1, -0.05) is 45.2 Å². The highest BCUT2D eigenvalue weighted by Gasteiger charge is 2.04. The van der Waals surface area contributed by atoms with E-state index in [4.69, 9.17) is 28.4 Å². The normalized spacial score (nSPS) is 11.1. The molecular formula is C26H42O6. The van der Waals surface area contributed by atoms with Crippen molar-refractivity contribution >= 4 is 11.1 Å². The smallest absolute Gasteiger partial charge is 0.0718 e. The average Bonchev–Trinajstić information content (AvgIpc) is 2.81. The van der Waals surface area contributed by atoms with Crippen molar-refractivity contribution in [2.45, 2.75) is 26.7 Å². The van der Waals surface area contributed by atoms with Gasteiger partial charge in [-0.25, -0.2) is 0 Å². The highest BCUT2D eigenvalue weighted by molar-refractivity contribution is 5.71. The molecule has 1 rings (SSSR count). The van der Waals surface area contributed by atoms with E-state index in [0.717, 1.165) is 48.3 Å². The average molecular weight is 451 g/mol. The Balaban J connectivity index is 2.17. The predicted octanol–water partition coefficient (Wildman–Crippen LogP) is 4.63. The van der Waals surface area contributed by atoms with Gasteiger partial charge in [0.2, 0.25) is 0 Å². The number of hydrogen-bond donors (Lipinski definition) is 0. The standard InChI is InChI=1S/C26H42O6/c1-5-10-27-12-14-29-16-18-31-21-23(3)25-8-7-9-26(20-25)24(4)22-32-19-17-30-15-13-28-11-6-2/h7-9,20H,3-6,10-19,21-22H2,1-2H3. The maximum atomic E-state index is 5.68. The zero-order valence-corrected chi connectivity index (χ0v) is 20.1. The second-order valence-corrected chi connectivity index (χ2v) is 7.34. The van der Waals surface area contributed by atoms with E-state index in [-0.39, 0.29) is 0 Å². The number of rotatable bonds is 22. The maximum absolute atomic E-state index is 5.68. The van der Waals surface area contributed by atoms with Crippen molar-refractivity contribution in [3.63, 3.8) is 0 Å². The monoisotopic (exact) mass is 450 g/mol. The summed E-state index contributed by atoms with van der Waals surface area (Å²) in [7, 11) is 0. The van der Waals surface area contributed by atoms with Crippen LogP contribution in [0.1, 0.15) is 37.8 Å². The molecule has 0 spiro atoms. The summed E-state index contributed by atoms with van der Waals surface area (Å²) in [5.41, 5.74) is 3.91. The summed E-state index contributed by atoms with van der Waals surface area (Å²) in [6.07, 6.45) is 2.05. The minimum atomic E-state index is 0.460. The van der Waals surface area contributed by atoms with Crippen molar-refractivity contribution < 1.29 is 28.4 Å². The van der Waals surface area contributed by atoms with Crippen molar-refractivity contribution in [3.05, 3.63) is 48.6 Å². The second-order valence-electron chi connectivity index (χ2n) is 7.34. The van der Waals surface area contributed by atoms with Gasteiger partial charge in [0.15, 0.2) is 0 Å². The molecule has 0 heterocycles. The molecule has 32 heavy (non-hydrogen) atoms. The predicted molar refractivity (Wildman–Crippen MR) is 130 cm³/mol. The lowest BCUT2D eigenvalue weighted by molar-refractivity contribution is 0.0204. The van der Waals surface area contributed by atoms with E-state index >= 15 is 0 Å². The largest absolute Gasteiger partial charge is 0.379 e. The molecule has 0 unspecified atom stereocenters. The van der Waals surface area contributed by atoms with E-state index in [1.54, 1.807) is 0 Å². The Morgan fingerprint density at radius 2 is 0.906 bits per heavy atom. The van der Waals surface area contributed by atoms with Crippen LogP contribution in [-0.2, 0) is 28.4 Å². The Kier molecular flexibility index (Phi) is 17.9. The van der Waals surface area contributed by atoms with E-state index in [1.165, 1.54) is 0 Å². The topological polar surface area (TPSA) is 55.4 Å². The first-order valence-corrected chi connectivity index (χ1v) is 11.6. The van der Waals surface area contributed by atoms with Crippen LogP contribution in [-0.4, -0.2) is 79.3 Å². The van der Waals surface area contributed by atoms with Crippen molar-refractivity contribution in [1.82, 2.24) is 0 Å². The van der Waals surface area contributed by atoms with Crippen LogP contribution in [0.25, 0.3) is 11.1 Å². The fourth-order valence-corrected chi connectivity index (χ4v) is 2.68. The molecule has 0 fully saturated rings. The number of hydrogen-bond acceptors (Lipinski definition) is 6. The van der Waals surface area contributed by atoms with Gasteiger partial charge >= 0.3 is 0 Å². The Morgan fingerprint density at radius 3 is 1.28 bits per heavy atom. The van der Waals surface area contributed by atoms with Gasteiger partial charge in [0, 0.05) is 13.2 Å². The van der Waals surface area contributed by atoms with Crippen LogP contribution in [0.4, 0.5) is 0 Å². The molecule has 0 N–H and O–H groups in total. The zero-order valence-electron chi connectivity index (χ0n) is 20.1. The molecular weight excluding hydrogens is 408 g/mol. The lowest BCUT2D eigenvalue weighted by Gasteiger charge is -2.12. The van der Waals surface area contributed by atoms with Crippen LogP contribution < -0.4 is 0 Å². The first-order chi connectivity index (χ1) is 15.7. The van der Waals surface area contributed by atoms with Crippen molar-refractivity contribution in [3.8, 4) is 0 Å². The molecule has 0 radical (unpaired) electrons. The van der Waals surface area contributed by atoms with Gasteiger partial charge in [-0.3, -0.25) is 0 Å². The molecule has 0 atom stereocenters. The molecule has 0 saturated carbocycles. The van der Waals surface area contributed by atoms with Crippen LogP contribution >= 0.6 is 0 Å². The van der Waals surface area contributed by atoms with Crippen LogP contribution in [0, 0.1) is 0 Å². The molecule has 6 nitrogen and oxygen atoms in total. The molecule has 0 aromatic heterocycles. The van der Waals surface area contributed by atoms with E-state index < -0.39 is 0 Å². The van der Waals surface area contributed by atoms with Crippen LogP contribution in [0.2, 0.25) is 0 Å². The fourth-order valence-electron chi connectivity index (χ4n) is 2.68. The van der Waals surface area contributed by atoms with Crippen molar-refractivity contribution in [2.24, 2.45) is 0 Å². The number of benzene rings is 1. The molecule has 0 aliphatic heterocycles. The first kappa shape index (κ1) is 28.5. The third-order valence-electron chi connectivity index (χ3n) is 4.42. The van der Waals surface area contributed by atoms with E-state index in [2.05, 4.69) is 33.1 Å². The quantitative estimate of drug-likeness (QED) is 0.240. The highest BCUT2D eigenvalue weighted by atomic mass is 16.5. The van der Waals surface area contributed by atoms with E-state index in [0.29, 0.717) is 66.1 Å². The Morgan fingerprint density at radius 1 is 0.562 bits per heavy atom. The minimum absolute atomic E-state index is 0.460. The minimum Gasteiger partial charge on any atom is -0.379 e. The molecule has 1 aromatic carbocycles. The molecule has 1 aromatic rings. The molecule has 6 heteroatoms. The van der Waals surface area contributed by atoms with Gasteiger partial charge in [-0.15, -0.1) is 0 Å². The zero-order chi connectivity index (χ0) is 23.3. The molecule has 0 aliphatic rings. The van der Waals surface area contributed by atoms with Gasteiger partial charge in [0.25, 0.3) is 0 Å².